The molecule has 0 unspecified atom stereocenters. The van der Waals surface area contributed by atoms with Crippen LogP contribution in [0.15, 0.2) is 29.6 Å². The van der Waals surface area contributed by atoms with Gasteiger partial charge in [-0.2, -0.15) is 0 Å². The van der Waals surface area contributed by atoms with Crippen molar-refractivity contribution in [3.63, 3.8) is 0 Å². The molecule has 1 aromatic heterocycles. The van der Waals surface area contributed by atoms with Crippen LogP contribution in [-0.2, 0) is 11.3 Å². The highest BCUT2D eigenvalue weighted by Crippen LogP contribution is 2.24. The van der Waals surface area contributed by atoms with Gasteiger partial charge in [0, 0.05) is 34.6 Å². The summed E-state index contributed by atoms with van der Waals surface area (Å²) >= 11 is 7.54. The van der Waals surface area contributed by atoms with Gasteiger partial charge in [-0.05, 0) is 30.7 Å². The van der Waals surface area contributed by atoms with E-state index in [1.807, 2.05) is 43.5 Å². The maximum Gasteiger partial charge on any atom is 0.224 e. The monoisotopic (exact) mass is 308 g/mol. The molecule has 0 saturated carbocycles. The van der Waals surface area contributed by atoms with Crippen LogP contribution in [0.1, 0.15) is 23.8 Å². The Labute approximate surface area is 128 Å². The predicted octanol–water partition coefficient (Wildman–Crippen LogP) is 4.67. The maximum atomic E-state index is 11.4. The standard InChI is InChI=1S/C15H17ClN2OS/c1-3-15(19)18-12-5-4-10(2)14(7-12)17-8-13-6-11(16)9-20-13/h4-7,9,17H,3,8H2,1-2H3,(H,18,19). The summed E-state index contributed by atoms with van der Waals surface area (Å²) in [6, 6.07) is 7.82. The Morgan fingerprint density at radius 2 is 2.15 bits per heavy atom. The minimum atomic E-state index is 0.0184. The van der Waals surface area contributed by atoms with Crippen LogP contribution in [0.3, 0.4) is 0 Å². The number of aryl methyl sites for hydroxylation is 1. The molecule has 0 radical (unpaired) electrons. The molecule has 1 heterocycles. The molecule has 0 aliphatic heterocycles. The Balaban J connectivity index is 2.06. The summed E-state index contributed by atoms with van der Waals surface area (Å²) < 4.78 is 0. The smallest absolute Gasteiger partial charge is 0.224 e. The van der Waals surface area contributed by atoms with Gasteiger partial charge in [0.2, 0.25) is 5.91 Å². The number of rotatable bonds is 5. The molecule has 0 spiro atoms. The zero-order chi connectivity index (χ0) is 14.5. The van der Waals surface area contributed by atoms with E-state index < -0.39 is 0 Å². The van der Waals surface area contributed by atoms with Gasteiger partial charge in [-0.3, -0.25) is 4.79 Å². The Kier molecular flexibility index (Phi) is 5.04. The molecule has 5 heteroatoms. The normalized spacial score (nSPS) is 10.3. The van der Waals surface area contributed by atoms with E-state index in [0.717, 1.165) is 28.5 Å². The van der Waals surface area contributed by atoms with Crippen LogP contribution in [0.25, 0.3) is 0 Å². The number of benzene rings is 1. The molecule has 0 aliphatic carbocycles. The number of carbonyl (C=O) groups excluding carboxylic acids is 1. The second kappa shape index (κ2) is 6.77. The third-order valence-corrected chi connectivity index (χ3v) is 4.20. The SMILES string of the molecule is CCC(=O)Nc1ccc(C)c(NCc2cc(Cl)cs2)c1. The number of hydrogen-bond donors (Lipinski definition) is 2. The quantitative estimate of drug-likeness (QED) is 0.842. The molecule has 0 fully saturated rings. The Morgan fingerprint density at radius 1 is 1.35 bits per heavy atom. The third kappa shape index (κ3) is 3.99. The number of carbonyl (C=O) groups is 1. The van der Waals surface area contributed by atoms with Gasteiger partial charge in [-0.15, -0.1) is 11.3 Å². The average molecular weight is 309 g/mol. The number of halogens is 1. The van der Waals surface area contributed by atoms with Crippen LogP contribution >= 0.6 is 22.9 Å². The lowest BCUT2D eigenvalue weighted by Crippen LogP contribution is -2.10. The second-order valence-corrected chi connectivity index (χ2v) is 5.95. The van der Waals surface area contributed by atoms with E-state index in [9.17, 15) is 4.79 Å². The highest BCUT2D eigenvalue weighted by atomic mass is 35.5. The number of hydrogen-bond acceptors (Lipinski definition) is 3. The molecule has 1 aromatic carbocycles. The molecule has 0 atom stereocenters. The van der Waals surface area contributed by atoms with E-state index in [2.05, 4.69) is 10.6 Å². The molecule has 1 amide bonds. The molecule has 0 saturated heterocycles. The van der Waals surface area contributed by atoms with E-state index in [4.69, 9.17) is 11.6 Å². The Morgan fingerprint density at radius 3 is 2.80 bits per heavy atom. The van der Waals surface area contributed by atoms with Crippen molar-refractivity contribution in [3.8, 4) is 0 Å². The summed E-state index contributed by atoms with van der Waals surface area (Å²) in [5.41, 5.74) is 2.97. The van der Waals surface area contributed by atoms with Crippen molar-refractivity contribution < 1.29 is 4.79 Å². The second-order valence-electron chi connectivity index (χ2n) is 4.52. The van der Waals surface area contributed by atoms with Crippen LogP contribution in [-0.4, -0.2) is 5.91 Å². The first-order chi connectivity index (χ1) is 9.58. The number of thiophene rings is 1. The Hall–Kier alpha value is -1.52. The molecule has 0 bridgehead atoms. The van der Waals surface area contributed by atoms with Gasteiger partial charge in [0.15, 0.2) is 0 Å². The molecular weight excluding hydrogens is 292 g/mol. The average Bonchev–Trinajstić information content (AvgIpc) is 2.85. The number of nitrogens with one attached hydrogen (secondary N) is 2. The van der Waals surface area contributed by atoms with Gasteiger partial charge in [0.25, 0.3) is 0 Å². The van der Waals surface area contributed by atoms with Crippen LogP contribution in [0.4, 0.5) is 11.4 Å². The first-order valence-electron chi connectivity index (χ1n) is 6.45. The topological polar surface area (TPSA) is 41.1 Å². The fraction of sp³-hybridized carbons (Fsp3) is 0.267. The summed E-state index contributed by atoms with van der Waals surface area (Å²) in [6.45, 7) is 4.60. The predicted molar refractivity (Wildman–Crippen MR) is 86.8 cm³/mol. The fourth-order valence-electron chi connectivity index (χ4n) is 1.77. The molecule has 2 aromatic rings. The van der Waals surface area contributed by atoms with Gasteiger partial charge in [-0.1, -0.05) is 24.6 Å². The van der Waals surface area contributed by atoms with Crippen molar-refractivity contribution in [3.05, 3.63) is 45.1 Å². The van der Waals surface area contributed by atoms with Crippen molar-refractivity contribution in [2.45, 2.75) is 26.8 Å². The highest BCUT2D eigenvalue weighted by molar-refractivity contribution is 7.10. The van der Waals surface area contributed by atoms with Crippen molar-refractivity contribution in [1.29, 1.82) is 0 Å². The summed E-state index contributed by atoms with van der Waals surface area (Å²) in [7, 11) is 0. The fourth-order valence-corrected chi connectivity index (χ4v) is 2.78. The molecule has 3 nitrogen and oxygen atoms in total. The zero-order valence-corrected chi connectivity index (χ0v) is 13.1. The summed E-state index contributed by atoms with van der Waals surface area (Å²) in [4.78, 5) is 12.6. The van der Waals surface area contributed by atoms with E-state index >= 15 is 0 Å². The van der Waals surface area contributed by atoms with Crippen LogP contribution in [0, 0.1) is 6.92 Å². The maximum absolute atomic E-state index is 11.4. The minimum absolute atomic E-state index is 0.0184. The number of anilines is 2. The van der Waals surface area contributed by atoms with Gasteiger partial charge >= 0.3 is 0 Å². The molecule has 2 rings (SSSR count). The molecule has 106 valence electrons. The summed E-state index contributed by atoms with van der Waals surface area (Å²) in [5, 5.41) is 8.93. The lowest BCUT2D eigenvalue weighted by atomic mass is 10.1. The minimum Gasteiger partial charge on any atom is -0.380 e. The third-order valence-electron chi connectivity index (χ3n) is 2.92. The first-order valence-corrected chi connectivity index (χ1v) is 7.71. The molecular formula is C15H17ClN2OS. The van der Waals surface area contributed by atoms with Crippen molar-refractivity contribution in [2.24, 2.45) is 0 Å². The Bertz CT molecular complexity index is 610. The first kappa shape index (κ1) is 14.9. The molecule has 20 heavy (non-hydrogen) atoms. The lowest BCUT2D eigenvalue weighted by molar-refractivity contribution is -0.115. The van der Waals surface area contributed by atoms with Crippen LogP contribution < -0.4 is 10.6 Å². The van der Waals surface area contributed by atoms with Crippen molar-refractivity contribution in [2.75, 3.05) is 10.6 Å². The molecule has 0 aliphatic rings. The van der Waals surface area contributed by atoms with Crippen molar-refractivity contribution >= 4 is 40.2 Å². The summed E-state index contributed by atoms with van der Waals surface area (Å²) in [5.74, 6) is 0.0184. The molecule has 2 N–H and O–H groups in total. The van der Waals surface area contributed by atoms with Crippen molar-refractivity contribution in [1.82, 2.24) is 0 Å². The van der Waals surface area contributed by atoms with Crippen LogP contribution in [0.2, 0.25) is 5.02 Å². The van der Waals surface area contributed by atoms with E-state index in [1.54, 1.807) is 11.3 Å². The zero-order valence-electron chi connectivity index (χ0n) is 11.5. The largest absolute Gasteiger partial charge is 0.380 e. The highest BCUT2D eigenvalue weighted by Gasteiger charge is 2.04. The van der Waals surface area contributed by atoms with Gasteiger partial charge in [0.1, 0.15) is 0 Å². The van der Waals surface area contributed by atoms with E-state index in [-0.39, 0.29) is 5.91 Å². The summed E-state index contributed by atoms with van der Waals surface area (Å²) in [6.07, 6.45) is 0.477. The number of amides is 1. The van der Waals surface area contributed by atoms with E-state index in [1.165, 1.54) is 4.88 Å². The van der Waals surface area contributed by atoms with Gasteiger partial charge in [0.05, 0.1) is 5.02 Å². The lowest BCUT2D eigenvalue weighted by Gasteiger charge is -2.11. The van der Waals surface area contributed by atoms with Gasteiger partial charge in [-0.25, -0.2) is 0 Å². The van der Waals surface area contributed by atoms with Gasteiger partial charge < -0.3 is 10.6 Å². The van der Waals surface area contributed by atoms with Crippen LogP contribution in [0.5, 0.6) is 0 Å². The van der Waals surface area contributed by atoms with E-state index in [0.29, 0.717) is 6.42 Å².